The van der Waals surface area contributed by atoms with E-state index < -0.39 is 0 Å². The first kappa shape index (κ1) is 18.6. The van der Waals surface area contributed by atoms with Gasteiger partial charge in [0, 0.05) is 17.4 Å². The fourth-order valence-corrected chi connectivity index (χ4v) is 3.41. The zero-order valence-electron chi connectivity index (χ0n) is 14.8. The molecule has 4 rings (SSSR count). The van der Waals surface area contributed by atoms with Gasteiger partial charge in [0.25, 0.3) is 0 Å². The van der Waals surface area contributed by atoms with E-state index in [1.54, 1.807) is 42.7 Å². The number of amides is 2. The molecule has 0 unspecified atom stereocenters. The molecule has 5 nitrogen and oxygen atoms in total. The molecule has 0 bridgehead atoms. The minimum atomic E-state index is -0.363. The highest BCUT2D eigenvalue weighted by Gasteiger charge is 2.45. The van der Waals surface area contributed by atoms with Gasteiger partial charge >= 0.3 is 6.03 Å². The standard InChI is InChI=1S/C21H17Cl2N3O2/c22-15-3-6-19(18(23)13-15)25-20(27)26-21(9-10-21)14-1-4-16(5-2-14)28-17-7-11-24-12-8-17/h1-8,11-13H,9-10H2,(H2,25,26,27). The van der Waals surface area contributed by atoms with Crippen molar-refractivity contribution in [2.24, 2.45) is 0 Å². The Bertz CT molecular complexity index is 990. The largest absolute Gasteiger partial charge is 0.457 e. The molecule has 1 heterocycles. The van der Waals surface area contributed by atoms with E-state index in [0.29, 0.717) is 15.7 Å². The summed E-state index contributed by atoms with van der Waals surface area (Å²) in [7, 11) is 0. The van der Waals surface area contributed by atoms with Crippen molar-refractivity contribution in [1.29, 1.82) is 0 Å². The third kappa shape index (κ3) is 4.21. The maximum Gasteiger partial charge on any atom is 0.319 e. The molecule has 3 aromatic rings. The van der Waals surface area contributed by atoms with Gasteiger partial charge in [-0.25, -0.2) is 4.79 Å². The topological polar surface area (TPSA) is 63.2 Å². The molecule has 1 saturated carbocycles. The van der Waals surface area contributed by atoms with Crippen LogP contribution in [0.4, 0.5) is 10.5 Å². The van der Waals surface area contributed by atoms with Crippen LogP contribution in [0.15, 0.2) is 67.0 Å². The zero-order valence-corrected chi connectivity index (χ0v) is 16.3. The SMILES string of the molecule is O=C(Nc1ccc(Cl)cc1Cl)NC1(c2ccc(Oc3ccncc3)cc2)CC1. The highest BCUT2D eigenvalue weighted by molar-refractivity contribution is 6.36. The van der Waals surface area contributed by atoms with E-state index in [2.05, 4.69) is 15.6 Å². The van der Waals surface area contributed by atoms with Gasteiger partial charge in [-0.05, 0) is 60.9 Å². The Hall–Kier alpha value is -2.76. The van der Waals surface area contributed by atoms with E-state index in [1.165, 1.54) is 0 Å². The predicted octanol–water partition coefficient (Wildman–Crippen LogP) is 5.99. The van der Waals surface area contributed by atoms with Gasteiger partial charge in [0.1, 0.15) is 11.5 Å². The number of rotatable bonds is 5. The van der Waals surface area contributed by atoms with Crippen LogP contribution in [0.1, 0.15) is 18.4 Å². The molecule has 2 N–H and O–H groups in total. The summed E-state index contributed by atoms with van der Waals surface area (Å²) in [4.78, 5) is 16.4. The predicted molar refractivity (Wildman–Crippen MR) is 110 cm³/mol. The van der Waals surface area contributed by atoms with Crippen LogP contribution in [0.25, 0.3) is 0 Å². The third-order valence-corrected chi connectivity index (χ3v) is 5.12. The van der Waals surface area contributed by atoms with Crippen LogP contribution in [0.5, 0.6) is 11.5 Å². The maximum absolute atomic E-state index is 12.4. The van der Waals surface area contributed by atoms with E-state index in [9.17, 15) is 4.79 Å². The number of benzene rings is 2. The summed E-state index contributed by atoms with van der Waals surface area (Å²) in [5.41, 5.74) is 1.19. The summed E-state index contributed by atoms with van der Waals surface area (Å²) >= 11 is 12.0. The Morgan fingerprint density at radius 3 is 2.29 bits per heavy atom. The lowest BCUT2D eigenvalue weighted by Crippen LogP contribution is -2.38. The number of nitrogens with one attached hydrogen (secondary N) is 2. The number of anilines is 1. The van der Waals surface area contributed by atoms with E-state index in [4.69, 9.17) is 27.9 Å². The molecule has 1 fully saturated rings. The van der Waals surface area contributed by atoms with Crippen LogP contribution in [0, 0.1) is 0 Å². The van der Waals surface area contributed by atoms with Crippen molar-refractivity contribution >= 4 is 34.9 Å². The summed E-state index contributed by atoms with van der Waals surface area (Å²) < 4.78 is 5.78. The molecule has 0 spiro atoms. The minimum Gasteiger partial charge on any atom is -0.457 e. The molecule has 0 atom stereocenters. The second kappa shape index (κ2) is 7.70. The van der Waals surface area contributed by atoms with Gasteiger partial charge in [-0.2, -0.15) is 0 Å². The van der Waals surface area contributed by atoms with Crippen LogP contribution in [0.3, 0.4) is 0 Å². The minimum absolute atomic E-state index is 0.307. The first-order valence-electron chi connectivity index (χ1n) is 8.77. The van der Waals surface area contributed by atoms with Gasteiger partial charge in [0.15, 0.2) is 0 Å². The van der Waals surface area contributed by atoms with Crippen molar-refractivity contribution in [1.82, 2.24) is 10.3 Å². The number of aromatic nitrogens is 1. The Morgan fingerprint density at radius 2 is 1.64 bits per heavy atom. The number of ether oxygens (including phenoxy) is 1. The van der Waals surface area contributed by atoms with Gasteiger partial charge in [-0.15, -0.1) is 0 Å². The third-order valence-electron chi connectivity index (χ3n) is 4.57. The normalized spacial score (nSPS) is 14.2. The maximum atomic E-state index is 12.4. The van der Waals surface area contributed by atoms with E-state index >= 15 is 0 Å². The molecule has 2 aromatic carbocycles. The molecule has 2 amide bonds. The number of hydrogen-bond acceptors (Lipinski definition) is 3. The van der Waals surface area contributed by atoms with Crippen LogP contribution < -0.4 is 15.4 Å². The quantitative estimate of drug-likeness (QED) is 0.539. The molecular formula is C21H17Cl2N3O2. The number of nitrogens with zero attached hydrogens (tertiary/aromatic N) is 1. The summed E-state index contributed by atoms with van der Waals surface area (Å²) in [6.45, 7) is 0. The van der Waals surface area contributed by atoms with Crippen molar-refractivity contribution in [2.45, 2.75) is 18.4 Å². The fraction of sp³-hybridized carbons (Fsp3) is 0.143. The number of carbonyl (C=O) groups is 1. The van der Waals surface area contributed by atoms with Gasteiger partial charge in [0.05, 0.1) is 16.2 Å². The Labute approximate surface area is 172 Å². The first-order valence-corrected chi connectivity index (χ1v) is 9.52. The van der Waals surface area contributed by atoms with Crippen molar-refractivity contribution in [3.05, 3.63) is 82.6 Å². The van der Waals surface area contributed by atoms with Gasteiger partial charge in [-0.1, -0.05) is 35.3 Å². The van der Waals surface area contributed by atoms with Crippen molar-refractivity contribution in [3.63, 3.8) is 0 Å². The lowest BCUT2D eigenvalue weighted by Gasteiger charge is -2.19. The lowest BCUT2D eigenvalue weighted by molar-refractivity contribution is 0.247. The van der Waals surface area contributed by atoms with Crippen molar-refractivity contribution in [2.75, 3.05) is 5.32 Å². The number of hydrogen-bond donors (Lipinski definition) is 2. The summed E-state index contributed by atoms with van der Waals surface area (Å²) in [5.74, 6) is 1.45. The fourth-order valence-electron chi connectivity index (χ4n) is 2.96. The van der Waals surface area contributed by atoms with Crippen molar-refractivity contribution < 1.29 is 9.53 Å². The summed E-state index contributed by atoms with van der Waals surface area (Å²) in [5, 5.41) is 6.74. The van der Waals surface area contributed by atoms with Crippen LogP contribution in [-0.4, -0.2) is 11.0 Å². The molecular weight excluding hydrogens is 397 g/mol. The highest BCUT2D eigenvalue weighted by Crippen LogP contribution is 2.46. The van der Waals surface area contributed by atoms with Crippen molar-refractivity contribution in [3.8, 4) is 11.5 Å². The molecule has 1 aromatic heterocycles. The number of carbonyl (C=O) groups excluding carboxylic acids is 1. The Kier molecular flexibility index (Phi) is 5.11. The molecule has 7 heteroatoms. The smallest absolute Gasteiger partial charge is 0.319 e. The molecule has 1 aliphatic rings. The molecule has 0 saturated heterocycles. The van der Waals surface area contributed by atoms with Gasteiger partial charge in [0.2, 0.25) is 0 Å². The van der Waals surface area contributed by atoms with Crippen LogP contribution in [0.2, 0.25) is 10.0 Å². The van der Waals surface area contributed by atoms with Gasteiger partial charge in [-0.3, -0.25) is 4.98 Å². The molecule has 0 radical (unpaired) electrons. The molecule has 28 heavy (non-hydrogen) atoms. The monoisotopic (exact) mass is 413 g/mol. The van der Waals surface area contributed by atoms with E-state index in [-0.39, 0.29) is 11.6 Å². The number of pyridine rings is 1. The molecule has 1 aliphatic carbocycles. The van der Waals surface area contributed by atoms with Crippen LogP contribution in [-0.2, 0) is 5.54 Å². The number of urea groups is 1. The van der Waals surface area contributed by atoms with E-state index in [0.717, 1.165) is 29.9 Å². The first-order chi connectivity index (χ1) is 13.5. The van der Waals surface area contributed by atoms with Gasteiger partial charge < -0.3 is 15.4 Å². The highest BCUT2D eigenvalue weighted by atomic mass is 35.5. The Morgan fingerprint density at radius 1 is 0.964 bits per heavy atom. The summed E-state index contributed by atoms with van der Waals surface area (Å²) in [6, 6.07) is 16.0. The number of halogens is 2. The average Bonchev–Trinajstić information content (AvgIpc) is 3.46. The molecule has 142 valence electrons. The second-order valence-electron chi connectivity index (χ2n) is 6.59. The zero-order chi connectivity index (χ0) is 19.6. The summed E-state index contributed by atoms with van der Waals surface area (Å²) in [6.07, 6.45) is 5.11. The average molecular weight is 414 g/mol. The molecule has 0 aliphatic heterocycles. The van der Waals surface area contributed by atoms with E-state index in [1.807, 2.05) is 24.3 Å². The second-order valence-corrected chi connectivity index (χ2v) is 7.44. The Balaban J connectivity index is 1.41. The van der Waals surface area contributed by atoms with Crippen LogP contribution >= 0.6 is 23.2 Å². The lowest BCUT2D eigenvalue weighted by atomic mass is 10.1.